The van der Waals surface area contributed by atoms with E-state index in [4.69, 9.17) is 9.47 Å². The fourth-order valence-corrected chi connectivity index (χ4v) is 2.61. The van der Waals surface area contributed by atoms with E-state index < -0.39 is 0 Å². The van der Waals surface area contributed by atoms with Crippen molar-refractivity contribution in [1.82, 2.24) is 0 Å². The van der Waals surface area contributed by atoms with E-state index in [1.165, 1.54) is 0 Å². The number of ketones is 1. The Morgan fingerprint density at radius 1 is 1.08 bits per heavy atom. The van der Waals surface area contributed by atoms with Gasteiger partial charge in [0.15, 0.2) is 0 Å². The molecule has 0 spiro atoms. The Bertz CT molecular complexity index is 622. The smallest absolute Gasteiger partial charge is 0.148 e. The predicted octanol–water partition coefficient (Wildman–Crippen LogP) is 4.70. The Morgan fingerprint density at radius 2 is 1.71 bits per heavy atom. The second-order valence-electron chi connectivity index (χ2n) is 5.76. The molecule has 0 aliphatic heterocycles. The van der Waals surface area contributed by atoms with Crippen LogP contribution >= 0.6 is 0 Å². The predicted molar refractivity (Wildman–Crippen MR) is 95.4 cm³/mol. The molecule has 0 aromatic heterocycles. The summed E-state index contributed by atoms with van der Waals surface area (Å²) in [4.78, 5) is 11.5. The van der Waals surface area contributed by atoms with Crippen LogP contribution in [0.2, 0.25) is 0 Å². The van der Waals surface area contributed by atoms with Crippen LogP contribution in [0.4, 0.5) is 0 Å². The van der Waals surface area contributed by atoms with Crippen molar-refractivity contribution in [3.05, 3.63) is 84.4 Å². The Labute approximate surface area is 143 Å². The van der Waals surface area contributed by atoms with Crippen molar-refractivity contribution >= 4 is 5.78 Å². The zero-order valence-corrected chi connectivity index (χ0v) is 14.1. The average Bonchev–Trinajstić information content (AvgIpc) is 2.61. The van der Waals surface area contributed by atoms with Gasteiger partial charge in [0.25, 0.3) is 0 Å². The summed E-state index contributed by atoms with van der Waals surface area (Å²) in [5, 5.41) is 0. The van der Waals surface area contributed by atoms with Gasteiger partial charge in [-0.2, -0.15) is 0 Å². The second-order valence-corrected chi connectivity index (χ2v) is 5.76. The molecule has 2 aromatic rings. The van der Waals surface area contributed by atoms with Gasteiger partial charge in [-0.3, -0.25) is 0 Å². The molecule has 0 N–H and O–H groups in total. The molecule has 3 heteroatoms. The summed E-state index contributed by atoms with van der Waals surface area (Å²) < 4.78 is 11.6. The van der Waals surface area contributed by atoms with Crippen LogP contribution in [0.25, 0.3) is 0 Å². The first-order chi connectivity index (χ1) is 11.7. The molecular formula is C21H24O3. The van der Waals surface area contributed by atoms with E-state index in [0.29, 0.717) is 13.0 Å². The second kappa shape index (κ2) is 9.81. The zero-order valence-electron chi connectivity index (χ0n) is 14.1. The number of benzene rings is 2. The third-order valence-electron chi connectivity index (χ3n) is 3.79. The van der Waals surface area contributed by atoms with Crippen LogP contribution in [0.5, 0.6) is 0 Å². The molecule has 2 atom stereocenters. The van der Waals surface area contributed by atoms with Crippen LogP contribution in [-0.2, 0) is 20.9 Å². The first-order valence-electron chi connectivity index (χ1n) is 8.11. The van der Waals surface area contributed by atoms with Gasteiger partial charge in [0.1, 0.15) is 12.6 Å². The lowest BCUT2D eigenvalue weighted by Gasteiger charge is -2.24. The van der Waals surface area contributed by atoms with E-state index in [2.05, 4.69) is 6.58 Å². The first-order valence-corrected chi connectivity index (χ1v) is 8.11. The maximum atomic E-state index is 11.5. The third-order valence-corrected chi connectivity index (χ3v) is 3.79. The van der Waals surface area contributed by atoms with Crippen molar-refractivity contribution in [2.75, 3.05) is 6.79 Å². The molecule has 0 radical (unpaired) electrons. The highest BCUT2D eigenvalue weighted by molar-refractivity contribution is 5.76. The van der Waals surface area contributed by atoms with Gasteiger partial charge in [0, 0.05) is 12.3 Å². The summed E-state index contributed by atoms with van der Waals surface area (Å²) in [6.45, 7) is 6.11. The average molecular weight is 324 g/mol. The van der Waals surface area contributed by atoms with Crippen molar-refractivity contribution in [2.24, 2.45) is 5.92 Å². The lowest BCUT2D eigenvalue weighted by Crippen LogP contribution is -2.18. The number of hydrogen-bond acceptors (Lipinski definition) is 3. The number of hydrogen-bond donors (Lipinski definition) is 0. The summed E-state index contributed by atoms with van der Waals surface area (Å²) in [5.74, 6) is 0.0415. The van der Waals surface area contributed by atoms with Crippen molar-refractivity contribution in [2.45, 2.75) is 26.1 Å². The van der Waals surface area contributed by atoms with Crippen LogP contribution in [0, 0.1) is 5.92 Å². The SMILES string of the molecule is C=C[C@@H](CC(C)=O)[C@@H](OCOCc1ccccc1)c1ccccc1. The molecule has 0 heterocycles. The highest BCUT2D eigenvalue weighted by Crippen LogP contribution is 2.29. The van der Waals surface area contributed by atoms with Gasteiger partial charge < -0.3 is 14.3 Å². The number of ether oxygens (including phenoxy) is 2. The number of carbonyl (C=O) groups excluding carboxylic acids is 1. The summed E-state index contributed by atoms with van der Waals surface area (Å²) in [6.07, 6.45) is 1.95. The Hall–Kier alpha value is -2.23. The minimum Gasteiger partial charge on any atom is -0.351 e. The fourth-order valence-electron chi connectivity index (χ4n) is 2.61. The van der Waals surface area contributed by atoms with E-state index in [1.807, 2.05) is 60.7 Å². The van der Waals surface area contributed by atoms with Gasteiger partial charge in [-0.05, 0) is 18.1 Å². The van der Waals surface area contributed by atoms with Crippen LogP contribution in [0.3, 0.4) is 0 Å². The largest absolute Gasteiger partial charge is 0.351 e. The molecule has 2 aromatic carbocycles. The zero-order chi connectivity index (χ0) is 17.2. The molecule has 24 heavy (non-hydrogen) atoms. The van der Waals surface area contributed by atoms with Gasteiger partial charge in [0.05, 0.1) is 12.7 Å². The molecule has 0 saturated carbocycles. The number of carbonyl (C=O) groups is 1. The van der Waals surface area contributed by atoms with E-state index in [0.717, 1.165) is 11.1 Å². The molecular weight excluding hydrogens is 300 g/mol. The normalized spacial score (nSPS) is 13.2. The standard InChI is InChI=1S/C21H24O3/c1-3-19(14-17(2)22)21(20-12-8-5-9-13-20)24-16-23-15-18-10-6-4-7-11-18/h3-13,19,21H,1,14-16H2,2H3/t19-,21+/m0/s1. The lowest BCUT2D eigenvalue weighted by molar-refractivity contribution is -0.124. The molecule has 0 fully saturated rings. The van der Waals surface area contributed by atoms with Gasteiger partial charge in [0.2, 0.25) is 0 Å². The third kappa shape index (κ3) is 5.76. The summed E-state index contributed by atoms with van der Waals surface area (Å²) >= 11 is 0. The molecule has 0 unspecified atom stereocenters. The lowest BCUT2D eigenvalue weighted by atomic mass is 9.91. The molecule has 126 valence electrons. The van der Waals surface area contributed by atoms with E-state index >= 15 is 0 Å². The molecule has 3 nitrogen and oxygen atoms in total. The molecule has 0 saturated heterocycles. The van der Waals surface area contributed by atoms with Crippen LogP contribution in [0.1, 0.15) is 30.6 Å². The topological polar surface area (TPSA) is 35.5 Å². The molecule has 0 amide bonds. The van der Waals surface area contributed by atoms with Gasteiger partial charge >= 0.3 is 0 Å². The highest BCUT2D eigenvalue weighted by atomic mass is 16.7. The molecule has 0 bridgehead atoms. The van der Waals surface area contributed by atoms with Gasteiger partial charge in [-0.25, -0.2) is 0 Å². The first kappa shape index (κ1) is 18.1. The Balaban J connectivity index is 1.97. The highest BCUT2D eigenvalue weighted by Gasteiger charge is 2.23. The molecule has 0 aliphatic rings. The Morgan fingerprint density at radius 3 is 2.29 bits per heavy atom. The number of rotatable bonds is 10. The van der Waals surface area contributed by atoms with Crippen LogP contribution < -0.4 is 0 Å². The maximum Gasteiger partial charge on any atom is 0.148 e. The minimum absolute atomic E-state index is 0.0785. The molecule has 0 aliphatic carbocycles. The van der Waals surface area contributed by atoms with Crippen molar-refractivity contribution in [1.29, 1.82) is 0 Å². The van der Waals surface area contributed by atoms with Gasteiger partial charge in [-0.1, -0.05) is 66.7 Å². The van der Waals surface area contributed by atoms with Crippen molar-refractivity contribution < 1.29 is 14.3 Å². The van der Waals surface area contributed by atoms with E-state index in [1.54, 1.807) is 13.0 Å². The molecule has 2 rings (SSSR count). The quantitative estimate of drug-likeness (QED) is 0.361. The summed E-state index contributed by atoms with van der Waals surface area (Å²) in [6, 6.07) is 19.8. The van der Waals surface area contributed by atoms with Crippen molar-refractivity contribution in [3.8, 4) is 0 Å². The van der Waals surface area contributed by atoms with Crippen LogP contribution in [0.15, 0.2) is 73.3 Å². The fraction of sp³-hybridized carbons (Fsp3) is 0.286. The van der Waals surface area contributed by atoms with E-state index in [-0.39, 0.29) is 24.6 Å². The Kier molecular flexibility index (Phi) is 7.40. The van der Waals surface area contributed by atoms with Gasteiger partial charge in [-0.15, -0.1) is 6.58 Å². The van der Waals surface area contributed by atoms with Crippen molar-refractivity contribution in [3.63, 3.8) is 0 Å². The maximum absolute atomic E-state index is 11.5. The van der Waals surface area contributed by atoms with Crippen LogP contribution in [-0.4, -0.2) is 12.6 Å². The summed E-state index contributed by atoms with van der Waals surface area (Å²) in [5.41, 5.74) is 2.12. The van der Waals surface area contributed by atoms with E-state index in [9.17, 15) is 4.79 Å². The number of Topliss-reactive ketones (excluding diaryl/α,β-unsaturated/α-hetero) is 1. The monoisotopic (exact) mass is 324 g/mol. The minimum atomic E-state index is -0.247. The summed E-state index contributed by atoms with van der Waals surface area (Å²) in [7, 11) is 0.